The van der Waals surface area contributed by atoms with Gasteiger partial charge in [0.25, 0.3) is 0 Å². The number of nitrogens with zero attached hydrogens (tertiary/aromatic N) is 2. The number of rotatable bonds is 18. The van der Waals surface area contributed by atoms with Crippen molar-refractivity contribution in [2.75, 3.05) is 34.5 Å². The zero-order valence-corrected chi connectivity index (χ0v) is 26.9. The van der Waals surface area contributed by atoms with Crippen molar-refractivity contribution in [3.8, 4) is 23.0 Å². The van der Waals surface area contributed by atoms with Gasteiger partial charge in [0.2, 0.25) is 5.75 Å². The van der Waals surface area contributed by atoms with Gasteiger partial charge in [-0.15, -0.1) is 0 Å². The molecular formula is C37H40N2O8. The second-order valence-electron chi connectivity index (χ2n) is 10.5. The predicted octanol–water partition coefficient (Wildman–Crippen LogP) is 7.57. The molecule has 0 aromatic heterocycles. The molecule has 0 fully saturated rings. The van der Waals surface area contributed by atoms with E-state index in [-0.39, 0.29) is 5.97 Å². The number of esters is 1. The fourth-order valence-electron chi connectivity index (χ4n) is 4.93. The van der Waals surface area contributed by atoms with E-state index in [1.54, 1.807) is 45.9 Å². The summed E-state index contributed by atoms with van der Waals surface area (Å²) in [7, 11) is 4.68. The van der Waals surface area contributed by atoms with Gasteiger partial charge in [0.1, 0.15) is 11.9 Å². The Morgan fingerprint density at radius 3 is 2.00 bits per heavy atom. The van der Waals surface area contributed by atoms with E-state index in [4.69, 9.17) is 28.6 Å². The first-order chi connectivity index (χ1) is 23.0. The normalized spacial score (nSPS) is 11.9. The van der Waals surface area contributed by atoms with Crippen molar-refractivity contribution in [2.45, 2.75) is 31.8 Å². The molecular weight excluding hydrogens is 600 g/mol. The van der Waals surface area contributed by atoms with Crippen LogP contribution in [-0.4, -0.2) is 58.2 Å². The quantitative estimate of drug-likeness (QED) is 0.0296. The smallest absolute Gasteiger partial charge is 0.330 e. The van der Waals surface area contributed by atoms with Crippen molar-refractivity contribution in [2.24, 2.45) is 10.2 Å². The largest absolute Gasteiger partial charge is 0.494 e. The topological polar surface area (TPSA) is 117 Å². The molecule has 1 unspecified atom stereocenters. The lowest BCUT2D eigenvalue weighted by Gasteiger charge is -2.16. The predicted molar refractivity (Wildman–Crippen MR) is 182 cm³/mol. The minimum atomic E-state index is -0.658. The van der Waals surface area contributed by atoms with Gasteiger partial charge in [-0.25, -0.2) is 9.68 Å². The first-order valence-electron chi connectivity index (χ1n) is 15.2. The van der Waals surface area contributed by atoms with Crippen LogP contribution in [-0.2, 0) is 14.4 Å². The number of ether oxygens (including phenoxy) is 5. The Bertz CT molecular complexity index is 1660. The van der Waals surface area contributed by atoms with E-state index in [0.717, 1.165) is 64.5 Å². The van der Waals surface area contributed by atoms with Crippen LogP contribution in [0, 0.1) is 0 Å². The first-order valence-corrected chi connectivity index (χ1v) is 15.2. The number of fused-ring (bicyclic) bond motifs is 1. The van der Waals surface area contributed by atoms with Gasteiger partial charge >= 0.3 is 5.97 Å². The summed E-state index contributed by atoms with van der Waals surface area (Å²) in [5.41, 5.74) is 3.23. The molecule has 0 aliphatic carbocycles. The van der Waals surface area contributed by atoms with Gasteiger partial charge in [0, 0.05) is 11.6 Å². The summed E-state index contributed by atoms with van der Waals surface area (Å²) in [6.07, 6.45) is 7.44. The van der Waals surface area contributed by atoms with Crippen LogP contribution in [0.15, 0.2) is 95.7 Å². The molecule has 10 nitrogen and oxygen atoms in total. The average Bonchev–Trinajstić information content (AvgIpc) is 3.11. The second kappa shape index (κ2) is 18.1. The summed E-state index contributed by atoms with van der Waals surface area (Å²) in [6, 6.07) is 22.9. The Morgan fingerprint density at radius 2 is 1.36 bits per heavy atom. The van der Waals surface area contributed by atoms with Gasteiger partial charge < -0.3 is 23.7 Å². The van der Waals surface area contributed by atoms with Gasteiger partial charge in [-0.05, 0) is 89.5 Å². The Morgan fingerprint density at radius 1 is 0.745 bits per heavy atom. The van der Waals surface area contributed by atoms with Gasteiger partial charge in [0.15, 0.2) is 11.5 Å². The Kier molecular flexibility index (Phi) is 13.3. The number of hydrogen-bond donors (Lipinski definition) is 1. The monoisotopic (exact) mass is 640 g/mol. The van der Waals surface area contributed by atoms with Crippen LogP contribution >= 0.6 is 0 Å². The van der Waals surface area contributed by atoms with E-state index in [9.17, 15) is 10.1 Å². The molecule has 0 radical (unpaired) electrons. The van der Waals surface area contributed by atoms with E-state index in [2.05, 4.69) is 16.8 Å². The molecule has 0 aliphatic heterocycles. The molecule has 0 saturated carbocycles. The lowest BCUT2D eigenvalue weighted by atomic mass is 9.97. The van der Waals surface area contributed by atoms with Gasteiger partial charge in [-0.1, -0.05) is 43.0 Å². The number of carbonyl (C=O) groups is 1. The van der Waals surface area contributed by atoms with Crippen LogP contribution in [0.1, 0.15) is 54.0 Å². The Balaban J connectivity index is 1.32. The molecule has 0 spiro atoms. The molecule has 4 rings (SSSR count). The molecule has 47 heavy (non-hydrogen) atoms. The number of benzene rings is 4. The minimum absolute atomic E-state index is 0.389. The van der Waals surface area contributed by atoms with Crippen molar-refractivity contribution in [3.63, 3.8) is 0 Å². The lowest BCUT2D eigenvalue weighted by molar-refractivity contribution is -0.270. The second-order valence-corrected chi connectivity index (χ2v) is 10.5. The molecule has 0 saturated heterocycles. The summed E-state index contributed by atoms with van der Waals surface area (Å²) in [5.74, 6) is 1.93. The molecule has 0 amide bonds. The maximum atomic E-state index is 11.0. The van der Waals surface area contributed by atoms with Crippen LogP contribution in [0.3, 0.4) is 0 Å². The number of hydrogen-bond acceptors (Lipinski definition) is 10. The van der Waals surface area contributed by atoms with E-state index >= 15 is 0 Å². The zero-order valence-electron chi connectivity index (χ0n) is 26.9. The van der Waals surface area contributed by atoms with Crippen molar-refractivity contribution in [1.82, 2.24) is 0 Å². The van der Waals surface area contributed by atoms with Crippen molar-refractivity contribution >= 4 is 29.2 Å². The van der Waals surface area contributed by atoms with Gasteiger partial charge in [0.05, 0.1) is 47.0 Å². The number of unbranched alkanes of at least 4 members (excludes halogenated alkanes) is 3. The standard InChI is InChI=1S/C37H40N2O8/c1-5-35(40)46-19-9-7-6-8-18-45-32-16-14-28(15-17-32)36(47-41)31-13-12-29-20-26(10-11-30(29)23-31)24-38-39-25-27-21-33(42-2)37(44-4)34(22-27)43-3/h5,10-17,20-25,36,41H,1,6-9,18-19H2,2-4H3/b38-24-,39-25-. The average molecular weight is 641 g/mol. The molecule has 0 aliphatic rings. The lowest BCUT2D eigenvalue weighted by Crippen LogP contribution is -2.04. The summed E-state index contributed by atoms with van der Waals surface area (Å²) < 4.78 is 27.0. The van der Waals surface area contributed by atoms with Gasteiger partial charge in [-0.3, -0.25) is 5.26 Å². The van der Waals surface area contributed by atoms with Crippen LogP contribution in [0.4, 0.5) is 0 Å². The zero-order chi connectivity index (χ0) is 33.4. The molecule has 1 atom stereocenters. The molecule has 4 aromatic carbocycles. The highest BCUT2D eigenvalue weighted by atomic mass is 17.1. The maximum Gasteiger partial charge on any atom is 0.330 e. The van der Waals surface area contributed by atoms with Crippen LogP contribution in [0.5, 0.6) is 23.0 Å². The maximum absolute atomic E-state index is 11.0. The molecule has 1 N–H and O–H groups in total. The van der Waals surface area contributed by atoms with E-state index < -0.39 is 6.10 Å². The summed E-state index contributed by atoms with van der Waals surface area (Å²) >= 11 is 0. The number of methoxy groups -OCH3 is 3. The van der Waals surface area contributed by atoms with Crippen molar-refractivity contribution in [1.29, 1.82) is 0 Å². The summed E-state index contributed by atoms with van der Waals surface area (Å²) in [4.78, 5) is 16.0. The molecule has 4 aromatic rings. The third-order valence-electron chi connectivity index (χ3n) is 7.37. The highest BCUT2D eigenvalue weighted by Gasteiger charge is 2.16. The van der Waals surface area contributed by atoms with Gasteiger partial charge in [-0.2, -0.15) is 10.2 Å². The van der Waals surface area contributed by atoms with E-state index in [1.165, 1.54) is 6.08 Å². The van der Waals surface area contributed by atoms with Crippen molar-refractivity contribution < 1.29 is 38.6 Å². The summed E-state index contributed by atoms with van der Waals surface area (Å²) in [5, 5.41) is 20.2. The molecule has 0 bridgehead atoms. The minimum Gasteiger partial charge on any atom is -0.494 e. The molecule has 246 valence electrons. The Labute approximate surface area is 274 Å². The van der Waals surface area contributed by atoms with Crippen LogP contribution in [0.2, 0.25) is 0 Å². The third-order valence-corrected chi connectivity index (χ3v) is 7.37. The SMILES string of the molecule is C=CC(=O)OCCCCCCOc1ccc(C(OO)c2ccc3cc(/C=N\N=C/c4cc(OC)c(OC)c(OC)c4)ccc3c2)cc1. The first kappa shape index (κ1) is 34.7. The molecule has 0 heterocycles. The highest BCUT2D eigenvalue weighted by molar-refractivity contribution is 5.91. The van der Waals surface area contributed by atoms with Crippen LogP contribution < -0.4 is 18.9 Å². The Hall–Kier alpha value is -5.19. The van der Waals surface area contributed by atoms with Crippen molar-refractivity contribution in [3.05, 3.63) is 108 Å². The fourth-order valence-corrected chi connectivity index (χ4v) is 4.93. The fraction of sp³-hybridized carbons (Fsp3) is 0.270. The number of carbonyl (C=O) groups excluding carboxylic acids is 1. The van der Waals surface area contributed by atoms with Crippen LogP contribution in [0.25, 0.3) is 10.8 Å². The van der Waals surface area contributed by atoms with E-state index in [1.807, 2.05) is 60.7 Å². The third kappa shape index (κ3) is 9.90. The summed E-state index contributed by atoms with van der Waals surface area (Å²) in [6.45, 7) is 4.37. The molecule has 10 heteroatoms. The van der Waals surface area contributed by atoms with E-state index in [0.29, 0.717) is 30.5 Å². The highest BCUT2D eigenvalue weighted by Crippen LogP contribution is 2.37.